The predicted octanol–water partition coefficient (Wildman–Crippen LogP) is 1.74. The van der Waals surface area contributed by atoms with Crippen LogP contribution >= 0.6 is 11.6 Å². The average molecular weight is 385 g/mol. The Kier molecular flexibility index (Phi) is 4.43. The molecule has 0 aliphatic heterocycles. The van der Waals surface area contributed by atoms with Crippen molar-refractivity contribution in [1.29, 1.82) is 0 Å². The lowest BCUT2D eigenvalue weighted by Crippen LogP contribution is -2.27. The molecule has 3 heterocycles. The minimum Gasteiger partial charge on any atom is -0.467 e. The molecule has 0 saturated carbocycles. The van der Waals surface area contributed by atoms with Crippen LogP contribution in [-0.2, 0) is 13.1 Å². The highest BCUT2D eigenvalue weighted by molar-refractivity contribution is 6.31. The summed E-state index contributed by atoms with van der Waals surface area (Å²) in [6.07, 6.45) is 1.51. The molecule has 0 atom stereocenters. The van der Waals surface area contributed by atoms with E-state index < -0.39 is 11.5 Å². The maximum absolute atomic E-state index is 12.3. The van der Waals surface area contributed by atoms with Crippen LogP contribution in [0.1, 0.15) is 21.9 Å². The second-order valence-corrected chi connectivity index (χ2v) is 6.09. The van der Waals surface area contributed by atoms with Gasteiger partial charge in [0, 0.05) is 5.02 Å². The molecule has 0 saturated heterocycles. The highest BCUT2D eigenvalue weighted by atomic mass is 35.5. The van der Waals surface area contributed by atoms with E-state index in [1.165, 1.54) is 10.9 Å². The van der Waals surface area contributed by atoms with Crippen molar-refractivity contribution < 1.29 is 9.21 Å². The Morgan fingerprint density at radius 2 is 2.11 bits per heavy atom. The van der Waals surface area contributed by atoms with Crippen LogP contribution in [0.3, 0.4) is 0 Å². The van der Waals surface area contributed by atoms with Crippen LogP contribution in [0.2, 0.25) is 5.02 Å². The van der Waals surface area contributed by atoms with Gasteiger partial charge in [-0.05, 0) is 23.8 Å². The summed E-state index contributed by atoms with van der Waals surface area (Å²) in [4.78, 5) is 31.2. The van der Waals surface area contributed by atoms with Crippen molar-refractivity contribution >= 4 is 28.7 Å². The first kappa shape index (κ1) is 17.0. The normalized spacial score (nSPS) is 11.0. The van der Waals surface area contributed by atoms with Gasteiger partial charge in [-0.1, -0.05) is 35.0 Å². The van der Waals surface area contributed by atoms with Gasteiger partial charge >= 0.3 is 0 Å². The summed E-state index contributed by atoms with van der Waals surface area (Å²) >= 11 is 6.17. The Morgan fingerprint density at radius 1 is 1.26 bits per heavy atom. The maximum Gasteiger partial charge on any atom is 0.287 e. The summed E-state index contributed by atoms with van der Waals surface area (Å²) in [7, 11) is 0. The van der Waals surface area contributed by atoms with Crippen LogP contribution < -0.4 is 10.9 Å². The number of hydrogen-bond donors (Lipinski definition) is 2. The number of amides is 1. The van der Waals surface area contributed by atoms with Gasteiger partial charge in [0.05, 0.1) is 19.4 Å². The quantitative estimate of drug-likeness (QED) is 0.541. The molecule has 0 aliphatic rings. The molecule has 1 amide bonds. The van der Waals surface area contributed by atoms with Crippen molar-refractivity contribution in [3.63, 3.8) is 0 Å². The number of hydrogen-bond acceptors (Lipinski definition) is 6. The van der Waals surface area contributed by atoms with Gasteiger partial charge in [-0.2, -0.15) is 0 Å². The van der Waals surface area contributed by atoms with Crippen molar-refractivity contribution in [2.75, 3.05) is 0 Å². The van der Waals surface area contributed by atoms with Gasteiger partial charge in [0.2, 0.25) is 5.82 Å². The molecule has 0 aliphatic carbocycles. The Balaban J connectivity index is 1.64. The number of carbonyl (C=O) groups excluding carboxylic acids is 1. The number of carbonyl (C=O) groups is 1. The Labute approximate surface area is 157 Å². The summed E-state index contributed by atoms with van der Waals surface area (Å²) < 4.78 is 6.58. The Morgan fingerprint density at radius 3 is 2.89 bits per heavy atom. The predicted molar refractivity (Wildman–Crippen MR) is 96.4 cm³/mol. The van der Waals surface area contributed by atoms with Crippen LogP contribution in [0.4, 0.5) is 0 Å². The van der Waals surface area contributed by atoms with E-state index in [2.05, 4.69) is 25.6 Å². The number of furan rings is 1. The van der Waals surface area contributed by atoms with Crippen molar-refractivity contribution in [2.45, 2.75) is 13.1 Å². The fraction of sp³-hybridized carbons (Fsp3) is 0.118. The van der Waals surface area contributed by atoms with E-state index in [0.29, 0.717) is 10.8 Å². The fourth-order valence-electron chi connectivity index (χ4n) is 2.53. The van der Waals surface area contributed by atoms with Crippen LogP contribution in [0.5, 0.6) is 0 Å². The molecule has 10 heteroatoms. The lowest BCUT2D eigenvalue weighted by molar-refractivity contribution is 0.0937. The second-order valence-electron chi connectivity index (χ2n) is 5.69. The van der Waals surface area contributed by atoms with Gasteiger partial charge in [0.15, 0.2) is 11.2 Å². The molecule has 9 nitrogen and oxygen atoms in total. The molecule has 4 aromatic rings. The molecule has 1 aromatic carbocycles. The molecule has 0 spiro atoms. The third kappa shape index (κ3) is 3.44. The number of halogens is 1. The van der Waals surface area contributed by atoms with Crippen molar-refractivity contribution in [3.05, 3.63) is 75.2 Å². The first-order chi connectivity index (χ1) is 13.1. The van der Waals surface area contributed by atoms with Gasteiger partial charge in [-0.3, -0.25) is 9.59 Å². The minimum atomic E-state index is -0.548. The summed E-state index contributed by atoms with van der Waals surface area (Å²) in [6.45, 7) is 0.435. The lowest BCUT2D eigenvalue weighted by atomic mass is 10.2. The van der Waals surface area contributed by atoms with Gasteiger partial charge in [0.1, 0.15) is 5.76 Å². The molecule has 0 bridgehead atoms. The molecule has 136 valence electrons. The summed E-state index contributed by atoms with van der Waals surface area (Å²) in [5, 5.41) is 11.0. The number of aromatic nitrogens is 5. The Hall–Kier alpha value is -3.46. The third-order valence-electron chi connectivity index (χ3n) is 3.87. The molecular weight excluding hydrogens is 372 g/mol. The van der Waals surface area contributed by atoms with Gasteiger partial charge in [0.25, 0.3) is 11.5 Å². The van der Waals surface area contributed by atoms with Gasteiger partial charge in [-0.25, -0.2) is 9.67 Å². The van der Waals surface area contributed by atoms with E-state index in [4.69, 9.17) is 16.0 Å². The van der Waals surface area contributed by atoms with Gasteiger partial charge < -0.3 is 14.7 Å². The topological polar surface area (TPSA) is 119 Å². The number of fused-ring (bicyclic) bond motifs is 1. The summed E-state index contributed by atoms with van der Waals surface area (Å²) in [5.74, 6) is -0.102. The van der Waals surface area contributed by atoms with E-state index in [9.17, 15) is 9.59 Å². The van der Waals surface area contributed by atoms with Gasteiger partial charge in [-0.15, -0.1) is 5.10 Å². The monoisotopic (exact) mass is 384 g/mol. The largest absolute Gasteiger partial charge is 0.467 e. The van der Waals surface area contributed by atoms with Crippen LogP contribution in [0.15, 0.2) is 51.9 Å². The van der Waals surface area contributed by atoms with E-state index in [1.807, 2.05) is 18.2 Å². The lowest BCUT2D eigenvalue weighted by Gasteiger charge is -2.05. The van der Waals surface area contributed by atoms with Crippen molar-refractivity contribution in [1.82, 2.24) is 30.3 Å². The molecule has 27 heavy (non-hydrogen) atoms. The van der Waals surface area contributed by atoms with E-state index in [1.54, 1.807) is 18.2 Å². The first-order valence-electron chi connectivity index (χ1n) is 7.99. The van der Waals surface area contributed by atoms with Crippen LogP contribution in [0.25, 0.3) is 11.2 Å². The molecule has 0 fully saturated rings. The Bertz CT molecular complexity index is 1170. The molecule has 4 rings (SSSR count). The smallest absolute Gasteiger partial charge is 0.287 e. The SMILES string of the molecule is O=C(NCc1ccco1)c1nc2c(nnn2Cc2ccccc2Cl)c(=O)[nH]1. The van der Waals surface area contributed by atoms with Crippen molar-refractivity contribution in [2.24, 2.45) is 0 Å². The zero-order valence-corrected chi connectivity index (χ0v) is 14.6. The zero-order chi connectivity index (χ0) is 18.8. The number of nitrogens with zero attached hydrogens (tertiary/aromatic N) is 4. The minimum absolute atomic E-state index is 0.0460. The average Bonchev–Trinajstić information content (AvgIpc) is 3.32. The highest BCUT2D eigenvalue weighted by Gasteiger charge is 2.17. The third-order valence-corrected chi connectivity index (χ3v) is 4.24. The standard InChI is InChI=1S/C17H13ClN6O3/c18-12-6-2-1-4-10(12)9-24-15-13(22-23-24)16(25)21-14(20-15)17(26)19-8-11-5-3-7-27-11/h1-7H,8-9H2,(H,19,26)(H,20,21,25). The zero-order valence-electron chi connectivity index (χ0n) is 13.8. The number of rotatable bonds is 5. The number of nitrogens with one attached hydrogen (secondary N) is 2. The molecule has 0 radical (unpaired) electrons. The fourth-order valence-corrected chi connectivity index (χ4v) is 2.73. The summed E-state index contributed by atoms with van der Waals surface area (Å²) in [5.41, 5.74) is 0.483. The molecule has 3 aromatic heterocycles. The van der Waals surface area contributed by atoms with E-state index in [0.717, 1.165) is 5.56 Å². The highest BCUT2D eigenvalue weighted by Crippen LogP contribution is 2.17. The molecule has 0 unspecified atom stereocenters. The number of H-pyrrole nitrogens is 1. The maximum atomic E-state index is 12.3. The number of aromatic amines is 1. The van der Waals surface area contributed by atoms with Crippen LogP contribution in [0, 0.1) is 0 Å². The van der Waals surface area contributed by atoms with E-state index in [-0.39, 0.29) is 30.1 Å². The molecule has 2 N–H and O–H groups in total. The second kappa shape index (κ2) is 7.04. The number of benzene rings is 1. The van der Waals surface area contributed by atoms with Crippen LogP contribution in [-0.4, -0.2) is 30.9 Å². The molecular formula is C17H13ClN6O3. The first-order valence-corrected chi connectivity index (χ1v) is 8.37. The van der Waals surface area contributed by atoms with Crippen molar-refractivity contribution in [3.8, 4) is 0 Å². The van der Waals surface area contributed by atoms with E-state index >= 15 is 0 Å². The summed E-state index contributed by atoms with van der Waals surface area (Å²) in [6, 6.07) is 10.7.